The zero-order valence-corrected chi connectivity index (χ0v) is 8.50. The molecule has 1 aliphatic carbocycles. The number of rotatable bonds is 4. The Hall–Kier alpha value is -0.560. The maximum absolute atomic E-state index is 8.68. The van der Waals surface area contributed by atoms with E-state index >= 15 is 0 Å². The van der Waals surface area contributed by atoms with E-state index in [1.807, 2.05) is 0 Å². The van der Waals surface area contributed by atoms with Crippen molar-refractivity contribution in [3.05, 3.63) is 23.8 Å². The number of hydrogen-bond donors (Lipinski definition) is 1. The summed E-state index contributed by atoms with van der Waals surface area (Å²) in [7, 11) is 0. The molecule has 1 atom stereocenters. The summed E-state index contributed by atoms with van der Waals surface area (Å²) in [5, 5.41) is 8.68. The molecule has 0 saturated heterocycles. The van der Waals surface area contributed by atoms with Gasteiger partial charge in [0, 0.05) is 6.61 Å². The van der Waals surface area contributed by atoms with Gasteiger partial charge in [-0.25, -0.2) is 0 Å². The molecule has 1 N–H and O–H groups in total. The number of allylic oxidation sites excluding steroid dienone is 4. The van der Waals surface area contributed by atoms with E-state index in [0.29, 0.717) is 6.61 Å². The third-order valence-electron chi connectivity index (χ3n) is 2.56. The van der Waals surface area contributed by atoms with Crippen LogP contribution in [0.4, 0.5) is 0 Å². The minimum atomic E-state index is 0.315. The van der Waals surface area contributed by atoms with Gasteiger partial charge in [0.15, 0.2) is 0 Å². The molecule has 13 heavy (non-hydrogen) atoms. The van der Waals surface area contributed by atoms with Gasteiger partial charge < -0.3 is 5.11 Å². The zero-order chi connectivity index (χ0) is 9.52. The van der Waals surface area contributed by atoms with E-state index < -0.39 is 0 Å². The lowest BCUT2D eigenvalue weighted by molar-refractivity contribution is 0.288. The molecule has 0 saturated carbocycles. The third-order valence-corrected chi connectivity index (χ3v) is 2.56. The maximum Gasteiger partial charge on any atom is 0.0434 e. The van der Waals surface area contributed by atoms with Crippen molar-refractivity contribution in [2.24, 2.45) is 5.92 Å². The fourth-order valence-electron chi connectivity index (χ4n) is 1.81. The van der Waals surface area contributed by atoms with Gasteiger partial charge in [-0.1, -0.05) is 23.8 Å². The Morgan fingerprint density at radius 2 is 2.38 bits per heavy atom. The molecule has 0 aromatic heterocycles. The van der Waals surface area contributed by atoms with Crippen LogP contribution in [-0.2, 0) is 0 Å². The van der Waals surface area contributed by atoms with Crippen molar-refractivity contribution in [2.45, 2.75) is 39.0 Å². The fourth-order valence-corrected chi connectivity index (χ4v) is 1.81. The summed E-state index contributed by atoms with van der Waals surface area (Å²) in [6, 6.07) is 0. The van der Waals surface area contributed by atoms with Crippen molar-refractivity contribution in [1.82, 2.24) is 0 Å². The summed E-state index contributed by atoms with van der Waals surface area (Å²) in [6.07, 6.45) is 12.6. The highest BCUT2D eigenvalue weighted by Gasteiger charge is 2.06. The number of hydrogen-bond acceptors (Lipinski definition) is 1. The average molecular weight is 180 g/mol. The molecule has 0 bridgehead atoms. The Labute approximate surface area is 81.2 Å². The van der Waals surface area contributed by atoms with Gasteiger partial charge in [0.25, 0.3) is 0 Å². The van der Waals surface area contributed by atoms with Gasteiger partial charge >= 0.3 is 0 Å². The van der Waals surface area contributed by atoms with Crippen LogP contribution in [0.15, 0.2) is 23.8 Å². The molecule has 1 aliphatic rings. The zero-order valence-electron chi connectivity index (χ0n) is 8.50. The molecule has 0 spiro atoms. The summed E-state index contributed by atoms with van der Waals surface area (Å²) < 4.78 is 0. The minimum absolute atomic E-state index is 0.315. The first-order chi connectivity index (χ1) is 6.33. The Morgan fingerprint density at radius 1 is 1.54 bits per heavy atom. The molecular formula is C12H20O. The number of aliphatic hydroxyl groups is 1. The van der Waals surface area contributed by atoms with Crippen molar-refractivity contribution in [3.8, 4) is 0 Å². The molecule has 1 rings (SSSR count). The highest BCUT2D eigenvalue weighted by Crippen LogP contribution is 2.21. The van der Waals surface area contributed by atoms with Crippen LogP contribution in [0.3, 0.4) is 0 Å². The van der Waals surface area contributed by atoms with Crippen LogP contribution in [-0.4, -0.2) is 11.7 Å². The van der Waals surface area contributed by atoms with Gasteiger partial charge in [0.05, 0.1) is 0 Å². The summed E-state index contributed by atoms with van der Waals surface area (Å²) >= 11 is 0. The van der Waals surface area contributed by atoms with Crippen LogP contribution in [0.2, 0.25) is 0 Å². The van der Waals surface area contributed by atoms with Crippen LogP contribution in [0, 0.1) is 5.92 Å². The smallest absolute Gasteiger partial charge is 0.0434 e. The topological polar surface area (TPSA) is 20.2 Å². The molecule has 1 heteroatoms. The van der Waals surface area contributed by atoms with Crippen molar-refractivity contribution in [1.29, 1.82) is 0 Å². The van der Waals surface area contributed by atoms with Crippen LogP contribution in [0.5, 0.6) is 0 Å². The molecule has 0 amide bonds. The van der Waals surface area contributed by atoms with E-state index in [4.69, 9.17) is 5.11 Å². The maximum atomic E-state index is 8.68. The molecule has 0 heterocycles. The quantitative estimate of drug-likeness (QED) is 0.659. The molecule has 0 aromatic carbocycles. The van der Waals surface area contributed by atoms with Crippen LogP contribution in [0.1, 0.15) is 39.0 Å². The van der Waals surface area contributed by atoms with E-state index in [1.54, 1.807) is 0 Å². The molecule has 0 unspecified atom stereocenters. The Bertz CT molecular complexity index is 191. The summed E-state index contributed by atoms with van der Waals surface area (Å²) in [5.41, 5.74) is 1.44. The molecule has 74 valence electrons. The third kappa shape index (κ3) is 4.28. The second kappa shape index (κ2) is 5.98. The molecule has 0 aliphatic heterocycles. The predicted molar refractivity (Wildman–Crippen MR) is 56.6 cm³/mol. The van der Waals surface area contributed by atoms with Crippen molar-refractivity contribution in [3.63, 3.8) is 0 Å². The first kappa shape index (κ1) is 10.5. The predicted octanol–water partition coefficient (Wildman–Crippen LogP) is 3.06. The Morgan fingerprint density at radius 3 is 3.00 bits per heavy atom. The average Bonchev–Trinajstić information content (AvgIpc) is 2.16. The lowest BCUT2D eigenvalue weighted by Gasteiger charge is -2.14. The van der Waals surface area contributed by atoms with Gasteiger partial charge in [-0.05, 0) is 44.9 Å². The van der Waals surface area contributed by atoms with Crippen LogP contribution >= 0.6 is 0 Å². The molecule has 0 radical (unpaired) electrons. The van der Waals surface area contributed by atoms with Crippen molar-refractivity contribution in [2.75, 3.05) is 6.61 Å². The van der Waals surface area contributed by atoms with Gasteiger partial charge in [0.1, 0.15) is 0 Å². The van der Waals surface area contributed by atoms with Gasteiger partial charge in [-0.2, -0.15) is 0 Å². The fraction of sp³-hybridized carbons (Fsp3) is 0.667. The summed E-state index contributed by atoms with van der Waals surface area (Å²) in [6.45, 7) is 2.49. The highest BCUT2D eigenvalue weighted by atomic mass is 16.2. The standard InChI is InChI=1S/C12H20O/c1-11(6-5-9-13)10-12-7-3-2-4-8-12/h2-3,10,12-13H,4-9H2,1H3/b11-10+/t12-/m1/s1. The van der Waals surface area contributed by atoms with Crippen LogP contribution in [0.25, 0.3) is 0 Å². The lowest BCUT2D eigenvalue weighted by Crippen LogP contribution is -1.99. The van der Waals surface area contributed by atoms with E-state index in [1.165, 1.54) is 24.8 Å². The summed E-state index contributed by atoms with van der Waals surface area (Å²) in [4.78, 5) is 0. The van der Waals surface area contributed by atoms with E-state index in [-0.39, 0.29) is 0 Å². The normalized spacial score (nSPS) is 23.5. The molecular weight excluding hydrogens is 160 g/mol. The SMILES string of the molecule is C/C(=C\[C@@H]1CC=CCC1)CCCO. The Kier molecular flexibility index (Phi) is 4.84. The minimum Gasteiger partial charge on any atom is -0.396 e. The second-order valence-electron chi connectivity index (χ2n) is 3.88. The largest absolute Gasteiger partial charge is 0.396 e. The van der Waals surface area contributed by atoms with Crippen molar-refractivity contribution < 1.29 is 5.11 Å². The van der Waals surface area contributed by atoms with Gasteiger partial charge in [0.2, 0.25) is 0 Å². The highest BCUT2D eigenvalue weighted by molar-refractivity contribution is 5.05. The van der Waals surface area contributed by atoms with Crippen molar-refractivity contribution >= 4 is 0 Å². The van der Waals surface area contributed by atoms with Crippen LogP contribution < -0.4 is 0 Å². The first-order valence-electron chi connectivity index (χ1n) is 5.26. The molecule has 1 nitrogen and oxygen atoms in total. The van der Waals surface area contributed by atoms with Gasteiger partial charge in [-0.15, -0.1) is 0 Å². The van der Waals surface area contributed by atoms with E-state index in [9.17, 15) is 0 Å². The number of aliphatic hydroxyl groups excluding tert-OH is 1. The Balaban J connectivity index is 2.30. The molecule has 0 aromatic rings. The lowest BCUT2D eigenvalue weighted by atomic mass is 9.92. The summed E-state index contributed by atoms with van der Waals surface area (Å²) in [5.74, 6) is 0.753. The van der Waals surface area contributed by atoms with E-state index in [2.05, 4.69) is 25.2 Å². The van der Waals surface area contributed by atoms with Gasteiger partial charge in [-0.3, -0.25) is 0 Å². The van der Waals surface area contributed by atoms with E-state index in [0.717, 1.165) is 18.8 Å². The second-order valence-corrected chi connectivity index (χ2v) is 3.88. The first-order valence-corrected chi connectivity index (χ1v) is 5.26. The molecule has 0 fully saturated rings. The monoisotopic (exact) mass is 180 g/mol.